The van der Waals surface area contributed by atoms with Crippen molar-refractivity contribution in [2.75, 3.05) is 20.3 Å². The Hall–Kier alpha value is -2.66. The molecule has 1 amide bonds. The van der Waals surface area contributed by atoms with Gasteiger partial charge in [-0.05, 0) is 66.8 Å². The molecule has 1 unspecified atom stereocenters. The van der Waals surface area contributed by atoms with Crippen LogP contribution in [0.4, 0.5) is 4.79 Å². The first-order chi connectivity index (χ1) is 19.1. The Labute approximate surface area is 237 Å². The predicted molar refractivity (Wildman–Crippen MR) is 151 cm³/mol. The molecule has 1 heterocycles. The van der Waals surface area contributed by atoms with Crippen LogP contribution < -0.4 is 10.5 Å². The molecule has 3 N–H and O–H groups in total. The molecule has 4 rings (SSSR count). The molecule has 10 heteroatoms. The van der Waals surface area contributed by atoms with Gasteiger partial charge >= 0.3 is 6.09 Å². The summed E-state index contributed by atoms with van der Waals surface area (Å²) in [7, 11) is -2.55. The van der Waals surface area contributed by atoms with Gasteiger partial charge in [-0.1, -0.05) is 50.6 Å². The van der Waals surface area contributed by atoms with Gasteiger partial charge in [-0.2, -0.15) is 4.31 Å². The van der Waals surface area contributed by atoms with Crippen molar-refractivity contribution in [3.8, 4) is 5.75 Å². The Morgan fingerprint density at radius 3 is 2.42 bits per heavy atom. The van der Waals surface area contributed by atoms with Crippen molar-refractivity contribution < 1.29 is 32.5 Å². The standard InChI is InChI=1S/C30H42N2O7S/c1-20(2)19-32(40(35,36)23-14-12-22(37-3)13-15-23)28(25-10-7-11-26-24(25)16-17-38-26)29(33)27(39-30(31)34)18-21-8-5-4-6-9-21/h4-6,8-9,12-15,20,24-29,33H,7,10-11,16-19H2,1-3H3,(H2,31,34)/t24-,25?,26-,27+,28+,29+/m1/s1. The van der Waals surface area contributed by atoms with Crippen LogP contribution in [0.2, 0.25) is 0 Å². The fourth-order valence-corrected chi connectivity index (χ4v) is 8.20. The van der Waals surface area contributed by atoms with Crippen LogP contribution in [0.3, 0.4) is 0 Å². The molecule has 2 aromatic carbocycles. The second kappa shape index (κ2) is 13.3. The lowest BCUT2D eigenvalue weighted by Gasteiger charge is -2.46. The third-order valence-electron chi connectivity index (χ3n) is 8.10. The number of carbonyl (C=O) groups is 1. The van der Waals surface area contributed by atoms with Crippen LogP contribution in [-0.4, -0.2) is 68.5 Å². The molecule has 2 aromatic rings. The average molecular weight is 575 g/mol. The quantitative estimate of drug-likeness (QED) is 0.392. The number of methoxy groups -OCH3 is 1. The minimum Gasteiger partial charge on any atom is -0.497 e. The summed E-state index contributed by atoms with van der Waals surface area (Å²) in [5, 5.41) is 12.1. The maximum Gasteiger partial charge on any atom is 0.404 e. The van der Waals surface area contributed by atoms with Crippen LogP contribution in [0.5, 0.6) is 5.75 Å². The maximum absolute atomic E-state index is 14.4. The molecular weight excluding hydrogens is 532 g/mol. The summed E-state index contributed by atoms with van der Waals surface area (Å²) in [5.74, 6) is 0.395. The van der Waals surface area contributed by atoms with Crippen LogP contribution in [0, 0.1) is 17.8 Å². The van der Waals surface area contributed by atoms with E-state index in [1.165, 1.54) is 23.5 Å². The van der Waals surface area contributed by atoms with Crippen molar-refractivity contribution in [3.05, 3.63) is 60.2 Å². The van der Waals surface area contributed by atoms with Crippen molar-refractivity contribution >= 4 is 16.1 Å². The van der Waals surface area contributed by atoms with Gasteiger partial charge in [0.1, 0.15) is 18.0 Å². The SMILES string of the molecule is COc1ccc(S(=O)(=O)N(CC(C)C)[C@@H](C2CCC[C@H]3OCC[C@H]23)[C@@H](O)[C@H](Cc2ccccc2)OC(N)=O)cc1. The van der Waals surface area contributed by atoms with Gasteiger partial charge in [0.15, 0.2) is 0 Å². The van der Waals surface area contributed by atoms with Gasteiger partial charge in [-0.3, -0.25) is 0 Å². The maximum atomic E-state index is 14.4. The summed E-state index contributed by atoms with van der Waals surface area (Å²) in [6.45, 7) is 4.68. The highest BCUT2D eigenvalue weighted by molar-refractivity contribution is 7.89. The molecule has 220 valence electrons. The monoisotopic (exact) mass is 574 g/mol. The van der Waals surface area contributed by atoms with Crippen molar-refractivity contribution in [3.63, 3.8) is 0 Å². The minimum atomic E-state index is -4.07. The van der Waals surface area contributed by atoms with Crippen LogP contribution in [0.15, 0.2) is 59.5 Å². The summed E-state index contributed by atoms with van der Waals surface area (Å²) < 4.78 is 47.0. The van der Waals surface area contributed by atoms with Gasteiger partial charge in [0.25, 0.3) is 0 Å². The highest BCUT2D eigenvalue weighted by atomic mass is 32.2. The first-order valence-corrected chi connectivity index (χ1v) is 15.5. The highest BCUT2D eigenvalue weighted by Crippen LogP contribution is 2.44. The largest absolute Gasteiger partial charge is 0.497 e. The van der Waals surface area contributed by atoms with E-state index in [1.807, 2.05) is 44.2 Å². The lowest BCUT2D eigenvalue weighted by Crippen LogP contribution is -2.59. The number of sulfonamides is 1. The number of hydrogen-bond donors (Lipinski definition) is 2. The molecule has 40 heavy (non-hydrogen) atoms. The normalized spacial score (nSPS) is 23.4. The summed E-state index contributed by atoms with van der Waals surface area (Å²) in [5.41, 5.74) is 6.31. The van der Waals surface area contributed by atoms with E-state index in [4.69, 9.17) is 19.9 Å². The molecule has 2 aliphatic rings. The number of amides is 1. The molecule has 9 nitrogen and oxygen atoms in total. The van der Waals surface area contributed by atoms with Gasteiger partial charge in [0.2, 0.25) is 10.0 Å². The number of ether oxygens (including phenoxy) is 3. The smallest absolute Gasteiger partial charge is 0.404 e. The molecule has 2 fully saturated rings. The molecular formula is C30H42N2O7S. The first-order valence-electron chi connectivity index (χ1n) is 14.1. The van der Waals surface area contributed by atoms with Gasteiger partial charge < -0.3 is 25.1 Å². The number of primary amides is 1. The van der Waals surface area contributed by atoms with Crippen LogP contribution in [0.1, 0.15) is 45.1 Å². The number of nitrogens with zero attached hydrogens (tertiary/aromatic N) is 1. The molecule has 6 atom stereocenters. The Balaban J connectivity index is 1.81. The summed E-state index contributed by atoms with van der Waals surface area (Å²) in [6.07, 6.45) is 0.0941. The zero-order chi connectivity index (χ0) is 28.9. The van der Waals surface area contributed by atoms with E-state index in [2.05, 4.69) is 0 Å². The summed E-state index contributed by atoms with van der Waals surface area (Å²) in [6, 6.07) is 14.8. The van der Waals surface area contributed by atoms with Gasteiger partial charge in [-0.25, -0.2) is 13.2 Å². The number of fused-ring (bicyclic) bond motifs is 1. The minimum absolute atomic E-state index is 0.0164. The Bertz CT molecular complexity index is 1210. The third kappa shape index (κ3) is 6.97. The third-order valence-corrected chi connectivity index (χ3v) is 9.97. The molecule has 0 bridgehead atoms. The molecule has 1 saturated heterocycles. The fourth-order valence-electron chi connectivity index (χ4n) is 6.35. The van der Waals surface area contributed by atoms with E-state index >= 15 is 0 Å². The Morgan fingerprint density at radius 1 is 1.10 bits per heavy atom. The number of carbonyl (C=O) groups excluding carboxylic acids is 1. The molecule has 0 aromatic heterocycles. The zero-order valence-corrected chi connectivity index (χ0v) is 24.3. The van der Waals surface area contributed by atoms with E-state index in [0.717, 1.165) is 31.2 Å². The van der Waals surface area contributed by atoms with Crippen LogP contribution in [0.25, 0.3) is 0 Å². The summed E-state index contributed by atoms with van der Waals surface area (Å²) in [4.78, 5) is 12.1. The second-order valence-corrected chi connectivity index (χ2v) is 13.1. The number of nitrogens with two attached hydrogens (primary N) is 1. The van der Waals surface area contributed by atoms with Crippen molar-refractivity contribution in [2.45, 2.75) is 75.2 Å². The van der Waals surface area contributed by atoms with E-state index in [1.54, 1.807) is 12.1 Å². The number of aliphatic hydroxyl groups is 1. The molecule has 0 spiro atoms. The summed E-state index contributed by atoms with van der Waals surface area (Å²) >= 11 is 0. The fraction of sp³-hybridized carbons (Fsp3) is 0.567. The molecule has 1 saturated carbocycles. The van der Waals surface area contributed by atoms with Gasteiger partial charge in [0.05, 0.1) is 24.2 Å². The Kier molecular flexibility index (Phi) is 10.1. The zero-order valence-electron chi connectivity index (χ0n) is 23.5. The Morgan fingerprint density at radius 2 is 1.80 bits per heavy atom. The van der Waals surface area contributed by atoms with E-state index < -0.39 is 34.4 Å². The van der Waals surface area contributed by atoms with Crippen molar-refractivity contribution in [2.24, 2.45) is 23.5 Å². The number of rotatable bonds is 12. The average Bonchev–Trinajstić information content (AvgIpc) is 3.42. The van der Waals surface area contributed by atoms with Crippen LogP contribution >= 0.6 is 0 Å². The molecule has 1 aliphatic heterocycles. The highest BCUT2D eigenvalue weighted by Gasteiger charge is 2.50. The van der Waals surface area contributed by atoms with E-state index in [-0.39, 0.29) is 41.7 Å². The first kappa shape index (κ1) is 30.3. The van der Waals surface area contributed by atoms with Crippen LogP contribution in [-0.2, 0) is 25.9 Å². The second-order valence-electron chi connectivity index (χ2n) is 11.2. The lowest BCUT2D eigenvalue weighted by molar-refractivity contribution is -0.0661. The number of hydrogen-bond acceptors (Lipinski definition) is 7. The van der Waals surface area contributed by atoms with Crippen molar-refractivity contribution in [1.29, 1.82) is 0 Å². The van der Waals surface area contributed by atoms with E-state index in [9.17, 15) is 18.3 Å². The molecule has 0 radical (unpaired) electrons. The molecule has 1 aliphatic carbocycles. The van der Waals surface area contributed by atoms with E-state index in [0.29, 0.717) is 12.4 Å². The van der Waals surface area contributed by atoms with Crippen molar-refractivity contribution in [1.82, 2.24) is 4.31 Å². The van der Waals surface area contributed by atoms with Gasteiger partial charge in [0, 0.05) is 19.6 Å². The topological polar surface area (TPSA) is 128 Å². The predicted octanol–water partition coefficient (Wildman–Crippen LogP) is 3.98. The van der Waals surface area contributed by atoms with Gasteiger partial charge in [-0.15, -0.1) is 0 Å². The number of benzene rings is 2. The number of aliphatic hydroxyl groups excluding tert-OH is 1. The lowest BCUT2D eigenvalue weighted by atomic mass is 9.71.